The van der Waals surface area contributed by atoms with Gasteiger partial charge in [0.25, 0.3) is 0 Å². The average Bonchev–Trinajstić information content (AvgIpc) is 2.69. The van der Waals surface area contributed by atoms with Gasteiger partial charge < -0.3 is 9.47 Å². The molecule has 142 valence electrons. The minimum Gasteiger partial charge on any atom is -0.423 e. The summed E-state index contributed by atoms with van der Waals surface area (Å²) in [6.45, 7) is 2.69. The second-order valence-corrected chi connectivity index (χ2v) is 7.95. The Morgan fingerprint density at radius 2 is 1.67 bits per heavy atom. The lowest BCUT2D eigenvalue weighted by atomic mass is 10.1. The normalized spacial score (nSPS) is 15.3. The number of esters is 1. The fraction of sp³-hybridized carbons (Fsp3) is 0.263. The van der Waals surface area contributed by atoms with Crippen LogP contribution in [0.3, 0.4) is 0 Å². The van der Waals surface area contributed by atoms with Crippen molar-refractivity contribution in [2.75, 3.05) is 26.3 Å². The number of ether oxygens (including phenoxy) is 2. The molecule has 1 aliphatic heterocycles. The van der Waals surface area contributed by atoms with E-state index in [-0.39, 0.29) is 35.1 Å². The lowest BCUT2D eigenvalue weighted by Gasteiger charge is -2.26. The predicted octanol–water partition coefficient (Wildman–Crippen LogP) is 2.13. The molecule has 0 bridgehead atoms. The van der Waals surface area contributed by atoms with E-state index in [4.69, 9.17) is 9.47 Å². The third-order valence-corrected chi connectivity index (χ3v) is 6.04. The highest BCUT2D eigenvalue weighted by Gasteiger charge is 2.27. The Balaban J connectivity index is 1.78. The van der Waals surface area contributed by atoms with E-state index < -0.39 is 16.0 Å². The van der Waals surface area contributed by atoms with E-state index in [1.807, 2.05) is 0 Å². The maximum absolute atomic E-state index is 12.7. The van der Waals surface area contributed by atoms with Crippen molar-refractivity contribution >= 4 is 21.8 Å². The number of carbonyl (C=O) groups is 2. The smallest absolute Gasteiger partial charge is 0.343 e. The van der Waals surface area contributed by atoms with Gasteiger partial charge in [0, 0.05) is 18.7 Å². The summed E-state index contributed by atoms with van der Waals surface area (Å²) in [6, 6.07) is 11.9. The lowest BCUT2D eigenvalue weighted by Crippen LogP contribution is -2.40. The molecule has 0 spiro atoms. The molecular formula is C19H19NO6S. The number of sulfonamides is 1. The number of hydrogen-bond donors (Lipinski definition) is 0. The van der Waals surface area contributed by atoms with E-state index in [0.717, 1.165) is 0 Å². The van der Waals surface area contributed by atoms with E-state index >= 15 is 0 Å². The Bertz CT molecular complexity index is 946. The maximum Gasteiger partial charge on any atom is 0.343 e. The second-order valence-electron chi connectivity index (χ2n) is 6.01. The molecule has 1 heterocycles. The van der Waals surface area contributed by atoms with Crippen LogP contribution in [0.5, 0.6) is 5.75 Å². The standard InChI is InChI=1S/C19H19NO6S/c1-14(21)15-5-7-17(8-6-15)26-19(22)16-3-2-4-18(13-16)27(23,24)20-9-11-25-12-10-20/h2-8,13H,9-12H2,1H3. The van der Waals surface area contributed by atoms with Crippen LogP contribution < -0.4 is 4.74 Å². The molecule has 1 aliphatic rings. The molecule has 1 fully saturated rings. The van der Waals surface area contributed by atoms with Gasteiger partial charge in [-0.25, -0.2) is 13.2 Å². The van der Waals surface area contributed by atoms with Crippen molar-refractivity contribution in [3.63, 3.8) is 0 Å². The summed E-state index contributed by atoms with van der Waals surface area (Å²) >= 11 is 0. The van der Waals surface area contributed by atoms with Crippen molar-refractivity contribution in [2.45, 2.75) is 11.8 Å². The molecule has 0 aromatic heterocycles. The van der Waals surface area contributed by atoms with Crippen molar-refractivity contribution in [1.29, 1.82) is 0 Å². The van der Waals surface area contributed by atoms with Crippen LogP contribution in [0.1, 0.15) is 27.6 Å². The highest BCUT2D eigenvalue weighted by molar-refractivity contribution is 7.89. The van der Waals surface area contributed by atoms with E-state index in [0.29, 0.717) is 18.8 Å². The molecule has 1 saturated heterocycles. The Morgan fingerprint density at radius 3 is 2.30 bits per heavy atom. The fourth-order valence-corrected chi connectivity index (χ4v) is 4.10. The van der Waals surface area contributed by atoms with Gasteiger partial charge in [-0.3, -0.25) is 4.79 Å². The quantitative estimate of drug-likeness (QED) is 0.442. The van der Waals surface area contributed by atoms with Crippen molar-refractivity contribution in [2.24, 2.45) is 0 Å². The predicted molar refractivity (Wildman–Crippen MR) is 97.4 cm³/mol. The summed E-state index contributed by atoms with van der Waals surface area (Å²) in [5, 5.41) is 0. The molecule has 0 saturated carbocycles. The Morgan fingerprint density at radius 1 is 1.00 bits per heavy atom. The van der Waals surface area contributed by atoms with Gasteiger partial charge in [-0.05, 0) is 49.4 Å². The van der Waals surface area contributed by atoms with Crippen molar-refractivity contribution in [1.82, 2.24) is 4.31 Å². The van der Waals surface area contributed by atoms with Gasteiger partial charge in [0.1, 0.15) is 5.75 Å². The van der Waals surface area contributed by atoms with E-state index in [1.54, 1.807) is 12.1 Å². The lowest BCUT2D eigenvalue weighted by molar-refractivity contribution is 0.0727. The van der Waals surface area contributed by atoms with Gasteiger partial charge in [-0.1, -0.05) is 6.07 Å². The maximum atomic E-state index is 12.7. The van der Waals surface area contributed by atoms with Gasteiger partial charge in [0.15, 0.2) is 5.78 Å². The number of morpholine rings is 1. The van der Waals surface area contributed by atoms with Gasteiger partial charge in [-0.2, -0.15) is 4.31 Å². The van der Waals surface area contributed by atoms with Crippen LogP contribution >= 0.6 is 0 Å². The van der Waals surface area contributed by atoms with Crippen LogP contribution in [0.15, 0.2) is 53.4 Å². The molecule has 0 amide bonds. The molecule has 7 nitrogen and oxygen atoms in total. The van der Waals surface area contributed by atoms with E-state index in [2.05, 4.69) is 0 Å². The second kappa shape index (κ2) is 7.99. The minimum absolute atomic E-state index is 0.0331. The molecule has 0 atom stereocenters. The third kappa shape index (κ3) is 4.41. The molecule has 8 heteroatoms. The zero-order valence-corrected chi connectivity index (χ0v) is 15.6. The molecule has 0 unspecified atom stereocenters. The first kappa shape index (κ1) is 19.2. The minimum atomic E-state index is -3.70. The summed E-state index contributed by atoms with van der Waals surface area (Å²) in [4.78, 5) is 23.7. The number of benzene rings is 2. The molecule has 0 N–H and O–H groups in total. The molecule has 0 aliphatic carbocycles. The summed E-state index contributed by atoms with van der Waals surface area (Å²) in [5.41, 5.74) is 0.633. The number of rotatable bonds is 5. The Kier molecular flexibility index (Phi) is 5.69. The first-order valence-corrected chi connectivity index (χ1v) is 9.83. The highest BCUT2D eigenvalue weighted by atomic mass is 32.2. The summed E-state index contributed by atoms with van der Waals surface area (Å²) in [7, 11) is -3.70. The summed E-state index contributed by atoms with van der Waals surface area (Å²) in [5.74, 6) is -0.495. The van der Waals surface area contributed by atoms with Gasteiger partial charge >= 0.3 is 5.97 Å². The highest BCUT2D eigenvalue weighted by Crippen LogP contribution is 2.20. The van der Waals surface area contributed by atoms with Gasteiger partial charge in [0.05, 0.1) is 23.7 Å². The number of Topliss-reactive ketones (excluding diaryl/α,β-unsaturated/α-hetero) is 1. The molecule has 2 aromatic carbocycles. The first-order valence-electron chi connectivity index (χ1n) is 8.39. The number of nitrogens with zero attached hydrogens (tertiary/aromatic N) is 1. The van der Waals surface area contributed by atoms with Crippen molar-refractivity contribution in [3.8, 4) is 5.75 Å². The largest absolute Gasteiger partial charge is 0.423 e. The molecule has 27 heavy (non-hydrogen) atoms. The Hall–Kier alpha value is -2.55. The van der Waals surface area contributed by atoms with Crippen LogP contribution in [0.2, 0.25) is 0 Å². The van der Waals surface area contributed by atoms with Crippen molar-refractivity contribution in [3.05, 3.63) is 59.7 Å². The molecule has 3 rings (SSSR count). The third-order valence-electron chi connectivity index (χ3n) is 4.15. The zero-order chi connectivity index (χ0) is 19.4. The van der Waals surface area contributed by atoms with Crippen molar-refractivity contribution < 1.29 is 27.5 Å². The van der Waals surface area contributed by atoms with Gasteiger partial charge in [-0.15, -0.1) is 0 Å². The Labute approximate surface area is 157 Å². The molecule has 0 radical (unpaired) electrons. The van der Waals surface area contributed by atoms with Gasteiger partial charge in [0.2, 0.25) is 10.0 Å². The van der Waals surface area contributed by atoms with Crippen LogP contribution in [0.25, 0.3) is 0 Å². The van der Waals surface area contributed by atoms with Crippen LogP contribution in [-0.2, 0) is 14.8 Å². The SMILES string of the molecule is CC(=O)c1ccc(OC(=O)c2cccc(S(=O)(=O)N3CCOCC3)c2)cc1. The number of carbonyl (C=O) groups excluding carboxylic acids is 2. The molecular weight excluding hydrogens is 370 g/mol. The summed E-state index contributed by atoms with van der Waals surface area (Å²) < 4.78 is 37.2. The molecule has 2 aromatic rings. The monoisotopic (exact) mass is 389 g/mol. The van der Waals surface area contributed by atoms with Crippen LogP contribution in [0, 0.1) is 0 Å². The topological polar surface area (TPSA) is 90.0 Å². The average molecular weight is 389 g/mol. The number of hydrogen-bond acceptors (Lipinski definition) is 6. The van der Waals surface area contributed by atoms with Crippen LogP contribution in [0.4, 0.5) is 0 Å². The summed E-state index contributed by atoms with van der Waals surface area (Å²) in [6.07, 6.45) is 0. The first-order chi connectivity index (χ1) is 12.9. The van der Waals surface area contributed by atoms with E-state index in [1.165, 1.54) is 47.6 Å². The number of ketones is 1. The van der Waals surface area contributed by atoms with E-state index in [9.17, 15) is 18.0 Å². The fourth-order valence-electron chi connectivity index (χ4n) is 2.64. The zero-order valence-electron chi connectivity index (χ0n) is 14.8. The van der Waals surface area contributed by atoms with Crippen LogP contribution in [-0.4, -0.2) is 50.8 Å².